The van der Waals surface area contributed by atoms with E-state index in [9.17, 15) is 13.6 Å². The summed E-state index contributed by atoms with van der Waals surface area (Å²) in [6.07, 6.45) is 2.36. The van der Waals surface area contributed by atoms with Gasteiger partial charge in [-0.15, -0.1) is 5.10 Å². The maximum Gasteiger partial charge on any atom is 0.283 e. The van der Waals surface area contributed by atoms with Gasteiger partial charge in [0.25, 0.3) is 12.0 Å². The lowest BCUT2D eigenvalue weighted by molar-refractivity contribution is 0.146. The van der Waals surface area contributed by atoms with Gasteiger partial charge >= 0.3 is 0 Å². The molecule has 2 aliphatic heterocycles. The standard InChI is InChI=1S/C33H25ClF3N5O/c1-16-2-3-18-9-19(5-4-17(18)8-16)23-14-26(38-33(23)37)31-25-13-24(25)29-10-20(11-30(43)42(29)31)22-12-21(34)6-7-28(22)41-15-27(32(35)36)39-40-41/h4-7,9-12,15,24-25,31-32H,1-3,8,13-14H2. The Balaban J connectivity index is 1.12. The monoisotopic (exact) mass is 599 g/mol. The number of hydrogen-bond donors (Lipinski definition) is 0. The van der Waals surface area contributed by atoms with E-state index < -0.39 is 18.1 Å². The Morgan fingerprint density at radius 2 is 1.86 bits per heavy atom. The highest BCUT2D eigenvalue weighted by Crippen LogP contribution is 2.60. The summed E-state index contributed by atoms with van der Waals surface area (Å²) in [7, 11) is 0. The summed E-state index contributed by atoms with van der Waals surface area (Å²) in [5.74, 6) is -0.153. The molecule has 6 nitrogen and oxygen atoms in total. The number of pyridine rings is 1. The molecule has 0 amide bonds. The van der Waals surface area contributed by atoms with E-state index in [1.165, 1.54) is 33.6 Å². The average molecular weight is 600 g/mol. The van der Waals surface area contributed by atoms with Gasteiger partial charge in [-0.05, 0) is 78.1 Å². The summed E-state index contributed by atoms with van der Waals surface area (Å²) in [5, 5.41) is 7.87. The fourth-order valence-electron chi connectivity index (χ4n) is 7.03. The molecule has 216 valence electrons. The average Bonchev–Trinajstić information content (AvgIpc) is 3.28. The van der Waals surface area contributed by atoms with Gasteiger partial charge in [-0.3, -0.25) is 4.79 Å². The molecular weight excluding hydrogens is 575 g/mol. The first-order chi connectivity index (χ1) is 20.7. The van der Waals surface area contributed by atoms with E-state index in [0.29, 0.717) is 39.5 Å². The molecule has 43 heavy (non-hydrogen) atoms. The molecule has 10 heteroatoms. The number of fused-ring (bicyclic) bond motifs is 4. The summed E-state index contributed by atoms with van der Waals surface area (Å²) in [6.45, 7) is 4.11. The minimum Gasteiger partial charge on any atom is -0.303 e. The number of halogens is 4. The number of rotatable bonds is 5. The smallest absolute Gasteiger partial charge is 0.283 e. The van der Waals surface area contributed by atoms with Crippen LogP contribution in [0.5, 0.6) is 0 Å². The van der Waals surface area contributed by atoms with Crippen molar-refractivity contribution in [3.8, 4) is 16.8 Å². The van der Waals surface area contributed by atoms with E-state index in [2.05, 4.69) is 34.0 Å². The van der Waals surface area contributed by atoms with Crippen LogP contribution in [0, 0.1) is 5.92 Å². The van der Waals surface area contributed by atoms with Crippen LogP contribution in [0.15, 0.2) is 82.6 Å². The predicted molar refractivity (Wildman–Crippen MR) is 159 cm³/mol. The minimum absolute atomic E-state index is 0.156. The van der Waals surface area contributed by atoms with Crippen LogP contribution in [0.25, 0.3) is 22.4 Å². The zero-order valence-corrected chi connectivity index (χ0v) is 23.7. The Bertz CT molecular complexity index is 1990. The van der Waals surface area contributed by atoms with Crippen LogP contribution in [0.1, 0.15) is 65.7 Å². The predicted octanol–water partition coefficient (Wildman–Crippen LogP) is 7.57. The molecule has 3 atom stereocenters. The lowest BCUT2D eigenvalue weighted by atomic mass is 9.86. The molecule has 4 aliphatic rings. The van der Waals surface area contributed by atoms with Gasteiger partial charge in [0.1, 0.15) is 5.69 Å². The van der Waals surface area contributed by atoms with Crippen molar-refractivity contribution in [3.63, 3.8) is 0 Å². The van der Waals surface area contributed by atoms with Crippen molar-refractivity contribution in [2.45, 2.75) is 50.5 Å². The van der Waals surface area contributed by atoms with Gasteiger partial charge in [-0.1, -0.05) is 47.2 Å². The fourth-order valence-corrected chi connectivity index (χ4v) is 7.20. The first kappa shape index (κ1) is 26.4. The van der Waals surface area contributed by atoms with Crippen molar-refractivity contribution in [2.75, 3.05) is 0 Å². The van der Waals surface area contributed by atoms with Crippen molar-refractivity contribution in [2.24, 2.45) is 10.9 Å². The maximum atomic E-state index is 15.4. The number of benzene rings is 2. The maximum absolute atomic E-state index is 15.4. The Hall–Kier alpha value is -4.24. The molecule has 0 N–H and O–H groups in total. The number of alkyl halides is 2. The molecule has 2 aromatic carbocycles. The van der Waals surface area contributed by atoms with E-state index >= 15 is 4.39 Å². The highest BCUT2D eigenvalue weighted by molar-refractivity contribution is 6.31. The van der Waals surface area contributed by atoms with E-state index in [0.717, 1.165) is 36.9 Å². The van der Waals surface area contributed by atoms with Gasteiger partial charge in [0.15, 0.2) is 0 Å². The molecule has 2 aromatic heterocycles. The van der Waals surface area contributed by atoms with E-state index in [4.69, 9.17) is 11.6 Å². The van der Waals surface area contributed by atoms with Gasteiger partial charge in [0, 0.05) is 46.0 Å². The van der Waals surface area contributed by atoms with Crippen molar-refractivity contribution < 1.29 is 13.2 Å². The third-order valence-electron chi connectivity index (χ3n) is 9.19. The first-order valence-electron chi connectivity index (χ1n) is 14.3. The van der Waals surface area contributed by atoms with Crippen molar-refractivity contribution in [3.05, 3.63) is 116 Å². The van der Waals surface area contributed by atoms with Crippen LogP contribution in [0.3, 0.4) is 0 Å². The van der Waals surface area contributed by atoms with Crippen LogP contribution < -0.4 is 5.56 Å². The van der Waals surface area contributed by atoms with Crippen LogP contribution in [-0.2, 0) is 12.8 Å². The van der Waals surface area contributed by atoms with Crippen molar-refractivity contribution in [1.29, 1.82) is 0 Å². The van der Waals surface area contributed by atoms with Gasteiger partial charge in [0.2, 0.25) is 5.95 Å². The molecular formula is C33H25ClF3N5O. The van der Waals surface area contributed by atoms with Crippen molar-refractivity contribution in [1.82, 2.24) is 19.6 Å². The number of aromatic nitrogens is 4. The summed E-state index contributed by atoms with van der Waals surface area (Å²) < 4.78 is 44.8. The largest absolute Gasteiger partial charge is 0.303 e. The number of aliphatic imine (C=N–C) groups is 1. The van der Waals surface area contributed by atoms with Gasteiger partial charge < -0.3 is 4.57 Å². The molecule has 0 radical (unpaired) electrons. The highest BCUT2D eigenvalue weighted by Gasteiger charge is 2.55. The zero-order chi connectivity index (χ0) is 29.6. The minimum atomic E-state index is -2.76. The van der Waals surface area contributed by atoms with E-state index in [1.807, 2.05) is 12.1 Å². The molecule has 0 spiro atoms. The summed E-state index contributed by atoms with van der Waals surface area (Å²) in [5.41, 5.74) is 7.60. The number of aryl methyl sites for hydroxylation is 1. The SMILES string of the molecule is C=C1CCc2cc(C3=C(F)N=C(C4C5CC5c5cc(-c6cc(Cl)ccc6-n6cc(C(F)F)nn6)cc(=O)n54)C3)ccc2C1. The van der Waals surface area contributed by atoms with E-state index in [-0.39, 0.29) is 23.4 Å². The summed E-state index contributed by atoms with van der Waals surface area (Å²) in [4.78, 5) is 18.1. The van der Waals surface area contributed by atoms with Crippen molar-refractivity contribution >= 4 is 22.9 Å². The van der Waals surface area contributed by atoms with Crippen LogP contribution in [0.2, 0.25) is 5.02 Å². The highest BCUT2D eigenvalue weighted by atomic mass is 35.5. The van der Waals surface area contributed by atoms with Gasteiger partial charge in [-0.2, -0.15) is 4.39 Å². The summed E-state index contributed by atoms with van der Waals surface area (Å²) >= 11 is 6.33. The van der Waals surface area contributed by atoms with Crippen LogP contribution >= 0.6 is 11.6 Å². The third-order valence-corrected chi connectivity index (χ3v) is 9.42. The molecule has 1 saturated carbocycles. The Kier molecular flexibility index (Phi) is 5.92. The molecule has 4 heterocycles. The second-order valence-electron chi connectivity index (χ2n) is 11.8. The second-order valence-corrected chi connectivity index (χ2v) is 12.3. The third kappa shape index (κ3) is 4.32. The summed E-state index contributed by atoms with van der Waals surface area (Å²) in [6, 6.07) is 14.2. The molecule has 3 unspecified atom stereocenters. The van der Waals surface area contributed by atoms with Gasteiger partial charge in [-0.25, -0.2) is 18.5 Å². The quantitative estimate of drug-likeness (QED) is 0.175. The van der Waals surface area contributed by atoms with Gasteiger partial charge in [0.05, 0.1) is 17.9 Å². The molecule has 0 bridgehead atoms. The second kappa shape index (κ2) is 9.64. The normalized spacial score (nSPS) is 22.1. The lowest BCUT2D eigenvalue weighted by Crippen LogP contribution is -2.29. The van der Waals surface area contributed by atoms with Crippen LogP contribution in [-0.4, -0.2) is 25.3 Å². The number of hydrogen-bond acceptors (Lipinski definition) is 4. The number of nitrogens with zero attached hydrogens (tertiary/aromatic N) is 5. The Labute approximate surface area is 249 Å². The Morgan fingerprint density at radius 3 is 2.67 bits per heavy atom. The molecule has 4 aromatic rings. The Morgan fingerprint density at radius 1 is 1.00 bits per heavy atom. The fraction of sp³-hybridized carbons (Fsp3) is 0.273. The topological polar surface area (TPSA) is 65.1 Å². The first-order valence-corrected chi connectivity index (χ1v) is 14.6. The number of allylic oxidation sites excluding steroid dienone is 2. The molecule has 2 aliphatic carbocycles. The van der Waals surface area contributed by atoms with Crippen LogP contribution in [0.4, 0.5) is 13.2 Å². The molecule has 0 saturated heterocycles. The zero-order valence-electron chi connectivity index (χ0n) is 22.9. The lowest BCUT2D eigenvalue weighted by Gasteiger charge is -2.20. The molecule has 1 fully saturated rings. The van der Waals surface area contributed by atoms with E-state index in [1.54, 1.807) is 22.8 Å². The molecule has 8 rings (SSSR count).